The molecule has 1 heterocycles. The van der Waals surface area contributed by atoms with E-state index in [1.807, 2.05) is 6.07 Å². The zero-order chi connectivity index (χ0) is 13.0. The molecule has 1 aliphatic heterocycles. The van der Waals surface area contributed by atoms with E-state index in [9.17, 15) is 5.11 Å². The maximum Gasteiger partial charge on any atom is 0.179 e. The molecule has 18 heavy (non-hydrogen) atoms. The van der Waals surface area contributed by atoms with Crippen molar-refractivity contribution >= 4 is 11.6 Å². The van der Waals surface area contributed by atoms with Crippen molar-refractivity contribution in [2.75, 3.05) is 13.2 Å². The smallest absolute Gasteiger partial charge is 0.179 e. The van der Waals surface area contributed by atoms with Crippen LogP contribution in [0.15, 0.2) is 12.1 Å². The SMILES string of the molecule is CC1(C)COc2cc(C3(O)CC3)cc(Cl)c2OC1. The highest BCUT2D eigenvalue weighted by Crippen LogP contribution is 2.50. The van der Waals surface area contributed by atoms with Crippen LogP contribution in [0.1, 0.15) is 32.3 Å². The topological polar surface area (TPSA) is 38.7 Å². The van der Waals surface area contributed by atoms with Crippen LogP contribution in [0.25, 0.3) is 0 Å². The van der Waals surface area contributed by atoms with Gasteiger partial charge < -0.3 is 14.6 Å². The molecule has 0 bridgehead atoms. The maximum absolute atomic E-state index is 10.1. The highest BCUT2D eigenvalue weighted by molar-refractivity contribution is 6.32. The summed E-state index contributed by atoms with van der Waals surface area (Å²) in [7, 11) is 0. The summed E-state index contributed by atoms with van der Waals surface area (Å²) in [5, 5.41) is 10.7. The summed E-state index contributed by atoms with van der Waals surface area (Å²) >= 11 is 6.23. The molecule has 1 N–H and O–H groups in total. The normalized spacial score (nSPS) is 23.3. The fourth-order valence-electron chi connectivity index (χ4n) is 2.07. The van der Waals surface area contributed by atoms with Crippen molar-refractivity contribution < 1.29 is 14.6 Å². The predicted molar refractivity (Wildman–Crippen MR) is 69.4 cm³/mol. The van der Waals surface area contributed by atoms with Gasteiger partial charge in [-0.15, -0.1) is 0 Å². The maximum atomic E-state index is 10.1. The summed E-state index contributed by atoms with van der Waals surface area (Å²) in [6.45, 7) is 5.33. The van der Waals surface area contributed by atoms with Gasteiger partial charge in [-0.3, -0.25) is 0 Å². The number of hydrogen-bond acceptors (Lipinski definition) is 3. The van der Waals surface area contributed by atoms with E-state index in [0.29, 0.717) is 29.7 Å². The molecule has 1 fully saturated rings. The van der Waals surface area contributed by atoms with Gasteiger partial charge in [0.15, 0.2) is 11.5 Å². The summed E-state index contributed by atoms with van der Waals surface area (Å²) in [5.74, 6) is 1.23. The van der Waals surface area contributed by atoms with E-state index in [-0.39, 0.29) is 5.41 Å². The lowest BCUT2D eigenvalue weighted by Gasteiger charge is -2.19. The highest BCUT2D eigenvalue weighted by Gasteiger charge is 2.43. The average molecular weight is 269 g/mol. The lowest BCUT2D eigenvalue weighted by molar-refractivity contribution is 0.139. The van der Waals surface area contributed by atoms with Gasteiger partial charge in [-0.2, -0.15) is 0 Å². The van der Waals surface area contributed by atoms with E-state index in [1.54, 1.807) is 6.07 Å². The molecule has 0 radical (unpaired) electrons. The van der Waals surface area contributed by atoms with Crippen LogP contribution in [0.5, 0.6) is 11.5 Å². The van der Waals surface area contributed by atoms with E-state index >= 15 is 0 Å². The minimum atomic E-state index is -0.705. The Morgan fingerprint density at radius 1 is 1.17 bits per heavy atom. The molecule has 3 nitrogen and oxygen atoms in total. The van der Waals surface area contributed by atoms with Gasteiger partial charge in [-0.1, -0.05) is 25.4 Å². The number of aliphatic hydroxyl groups is 1. The molecule has 0 saturated heterocycles. The monoisotopic (exact) mass is 268 g/mol. The Morgan fingerprint density at radius 2 is 1.83 bits per heavy atom. The quantitative estimate of drug-likeness (QED) is 0.851. The standard InChI is InChI=1S/C14H17ClO3/c1-13(2)7-17-11-6-9(14(16)3-4-14)5-10(15)12(11)18-8-13/h5-6,16H,3-4,7-8H2,1-2H3. The largest absolute Gasteiger partial charge is 0.489 e. The van der Waals surface area contributed by atoms with Crippen LogP contribution in [0, 0.1) is 5.41 Å². The van der Waals surface area contributed by atoms with Crippen molar-refractivity contribution in [3.8, 4) is 11.5 Å². The van der Waals surface area contributed by atoms with Gasteiger partial charge in [0.05, 0.1) is 23.8 Å². The lowest BCUT2D eigenvalue weighted by atomic mass is 9.97. The van der Waals surface area contributed by atoms with Gasteiger partial charge in [0, 0.05) is 5.41 Å². The van der Waals surface area contributed by atoms with Crippen molar-refractivity contribution in [3.05, 3.63) is 22.7 Å². The zero-order valence-corrected chi connectivity index (χ0v) is 11.4. The van der Waals surface area contributed by atoms with E-state index < -0.39 is 5.60 Å². The second-order valence-corrected chi connectivity index (χ2v) is 6.47. The summed E-state index contributed by atoms with van der Waals surface area (Å²) in [6.07, 6.45) is 1.57. The fraction of sp³-hybridized carbons (Fsp3) is 0.571. The first-order chi connectivity index (χ1) is 8.40. The summed E-state index contributed by atoms with van der Waals surface area (Å²) in [6, 6.07) is 3.64. The average Bonchev–Trinajstić information content (AvgIpc) is 3.05. The van der Waals surface area contributed by atoms with E-state index in [2.05, 4.69) is 13.8 Å². The third-order valence-corrected chi connectivity index (χ3v) is 3.78. The molecule has 0 unspecified atom stereocenters. The number of hydrogen-bond donors (Lipinski definition) is 1. The Bertz CT molecular complexity index is 492. The first kappa shape index (κ1) is 12.1. The molecule has 3 rings (SSSR count). The van der Waals surface area contributed by atoms with Crippen molar-refractivity contribution in [1.29, 1.82) is 0 Å². The third-order valence-electron chi connectivity index (χ3n) is 3.50. The molecule has 2 aliphatic rings. The lowest BCUT2D eigenvalue weighted by Crippen LogP contribution is -2.26. The molecule has 1 aromatic carbocycles. The van der Waals surface area contributed by atoms with Gasteiger partial charge >= 0.3 is 0 Å². The molecule has 0 aromatic heterocycles. The van der Waals surface area contributed by atoms with Crippen molar-refractivity contribution in [3.63, 3.8) is 0 Å². The van der Waals surface area contributed by atoms with Crippen molar-refractivity contribution in [2.24, 2.45) is 5.41 Å². The Hall–Kier alpha value is -0.930. The number of ether oxygens (including phenoxy) is 2. The molecule has 1 saturated carbocycles. The molecule has 4 heteroatoms. The van der Waals surface area contributed by atoms with Gasteiger partial charge in [-0.25, -0.2) is 0 Å². The first-order valence-corrected chi connectivity index (χ1v) is 6.60. The Kier molecular flexibility index (Phi) is 2.55. The summed E-state index contributed by atoms with van der Waals surface area (Å²) in [5.41, 5.74) is 0.0811. The number of halogens is 1. The van der Waals surface area contributed by atoms with Crippen molar-refractivity contribution in [2.45, 2.75) is 32.3 Å². The summed E-state index contributed by atoms with van der Waals surface area (Å²) in [4.78, 5) is 0. The van der Waals surface area contributed by atoms with Crippen LogP contribution < -0.4 is 9.47 Å². The molecule has 0 atom stereocenters. The van der Waals surface area contributed by atoms with Crippen LogP contribution in [-0.2, 0) is 5.60 Å². The van der Waals surface area contributed by atoms with Gasteiger partial charge in [0.2, 0.25) is 0 Å². The minimum Gasteiger partial charge on any atom is -0.489 e. The molecule has 98 valence electrons. The Balaban J connectivity index is 2.00. The fourth-order valence-corrected chi connectivity index (χ4v) is 2.34. The van der Waals surface area contributed by atoms with Gasteiger partial charge in [0.25, 0.3) is 0 Å². The van der Waals surface area contributed by atoms with E-state index in [1.165, 1.54) is 0 Å². The molecular formula is C14H17ClO3. The van der Waals surface area contributed by atoms with Crippen molar-refractivity contribution in [1.82, 2.24) is 0 Å². The van der Waals surface area contributed by atoms with Gasteiger partial charge in [0.1, 0.15) is 0 Å². The third kappa shape index (κ3) is 2.06. The van der Waals surface area contributed by atoms with E-state index in [0.717, 1.165) is 18.4 Å². The predicted octanol–water partition coefficient (Wildman–Crippen LogP) is 3.12. The first-order valence-electron chi connectivity index (χ1n) is 6.22. The Morgan fingerprint density at radius 3 is 2.50 bits per heavy atom. The Labute approximate surface area is 112 Å². The van der Waals surface area contributed by atoms with Crippen LogP contribution in [0.2, 0.25) is 5.02 Å². The molecule has 1 aromatic rings. The highest BCUT2D eigenvalue weighted by atomic mass is 35.5. The van der Waals surface area contributed by atoms with Crippen LogP contribution >= 0.6 is 11.6 Å². The number of rotatable bonds is 1. The molecule has 0 spiro atoms. The molecule has 0 amide bonds. The second-order valence-electron chi connectivity index (χ2n) is 6.06. The second kappa shape index (κ2) is 3.78. The van der Waals surface area contributed by atoms with Crippen LogP contribution in [0.3, 0.4) is 0 Å². The van der Waals surface area contributed by atoms with E-state index in [4.69, 9.17) is 21.1 Å². The van der Waals surface area contributed by atoms with Crippen LogP contribution in [0.4, 0.5) is 0 Å². The summed E-state index contributed by atoms with van der Waals surface area (Å²) < 4.78 is 11.5. The minimum absolute atomic E-state index is 0.0427. The molecular weight excluding hydrogens is 252 g/mol. The number of fused-ring (bicyclic) bond motifs is 1. The number of benzene rings is 1. The van der Waals surface area contributed by atoms with Crippen LogP contribution in [-0.4, -0.2) is 18.3 Å². The van der Waals surface area contributed by atoms with Gasteiger partial charge in [-0.05, 0) is 30.5 Å². The molecule has 1 aliphatic carbocycles. The zero-order valence-electron chi connectivity index (χ0n) is 10.6.